The molecule has 0 aromatic rings. The first kappa shape index (κ1) is 9.82. The fourth-order valence-electron chi connectivity index (χ4n) is 0.432. The Balaban J connectivity index is 3.68. The number of hydrogen-bond donors (Lipinski definition) is 0. The molecule has 0 bridgehead atoms. The smallest absolute Gasteiger partial charge is 0.230 e. The highest BCUT2D eigenvalue weighted by atomic mass is 19.2. The van der Waals surface area contributed by atoms with Crippen molar-refractivity contribution >= 4 is 0 Å². The van der Waals surface area contributed by atoms with E-state index < -0.39 is 18.1 Å². The van der Waals surface area contributed by atoms with Gasteiger partial charge in [0.1, 0.15) is 0 Å². The van der Waals surface area contributed by atoms with Gasteiger partial charge in [-0.25, -0.2) is 8.78 Å². The largest absolute Gasteiger partial charge is 0.340 e. The standard InChI is InChI=1S/C7H14F2O/c1-5(8)6(9)10-7(2,3)4/h5-6H,1-4H3. The Bertz CT molecular complexity index is 96.3. The Morgan fingerprint density at radius 3 is 1.70 bits per heavy atom. The molecule has 0 aliphatic rings. The van der Waals surface area contributed by atoms with Gasteiger partial charge < -0.3 is 4.74 Å². The summed E-state index contributed by atoms with van der Waals surface area (Å²) in [6.07, 6.45) is -3.36. The highest BCUT2D eigenvalue weighted by Gasteiger charge is 2.22. The molecule has 10 heavy (non-hydrogen) atoms. The van der Waals surface area contributed by atoms with Gasteiger partial charge in [0, 0.05) is 0 Å². The van der Waals surface area contributed by atoms with E-state index in [2.05, 4.69) is 4.74 Å². The van der Waals surface area contributed by atoms with Gasteiger partial charge in [-0.15, -0.1) is 0 Å². The van der Waals surface area contributed by atoms with Crippen LogP contribution in [-0.4, -0.2) is 18.1 Å². The molecule has 2 unspecified atom stereocenters. The molecule has 0 aliphatic heterocycles. The number of alkyl halides is 2. The summed E-state index contributed by atoms with van der Waals surface area (Å²) < 4.78 is 29.2. The van der Waals surface area contributed by atoms with Crippen LogP contribution in [0.1, 0.15) is 27.7 Å². The lowest BCUT2D eigenvalue weighted by Crippen LogP contribution is -2.29. The summed E-state index contributed by atoms with van der Waals surface area (Å²) in [7, 11) is 0. The molecule has 1 nitrogen and oxygen atoms in total. The number of rotatable bonds is 2. The summed E-state index contributed by atoms with van der Waals surface area (Å²) in [5.41, 5.74) is -0.611. The maximum atomic E-state index is 12.4. The van der Waals surface area contributed by atoms with Gasteiger partial charge in [0.2, 0.25) is 6.36 Å². The van der Waals surface area contributed by atoms with Crippen LogP contribution in [0.2, 0.25) is 0 Å². The van der Waals surface area contributed by atoms with Gasteiger partial charge in [-0.1, -0.05) is 0 Å². The topological polar surface area (TPSA) is 9.23 Å². The zero-order chi connectivity index (χ0) is 8.36. The highest BCUT2D eigenvalue weighted by Crippen LogP contribution is 2.15. The van der Waals surface area contributed by atoms with Crippen LogP contribution in [0.25, 0.3) is 0 Å². The lowest BCUT2D eigenvalue weighted by atomic mass is 10.2. The van der Waals surface area contributed by atoms with Gasteiger partial charge in [-0.3, -0.25) is 0 Å². The Labute approximate surface area is 60.4 Å². The van der Waals surface area contributed by atoms with Crippen molar-refractivity contribution in [2.75, 3.05) is 0 Å². The SMILES string of the molecule is CC(F)C(F)OC(C)(C)C. The van der Waals surface area contributed by atoms with Crippen LogP contribution in [0.3, 0.4) is 0 Å². The first-order valence-corrected chi connectivity index (χ1v) is 3.29. The van der Waals surface area contributed by atoms with Gasteiger partial charge in [0.05, 0.1) is 5.60 Å². The number of halogens is 2. The van der Waals surface area contributed by atoms with Gasteiger partial charge in [-0.05, 0) is 27.7 Å². The fourth-order valence-corrected chi connectivity index (χ4v) is 0.432. The van der Waals surface area contributed by atoms with Crippen molar-refractivity contribution in [1.82, 2.24) is 0 Å². The van der Waals surface area contributed by atoms with E-state index in [0.717, 1.165) is 6.92 Å². The maximum Gasteiger partial charge on any atom is 0.230 e. The van der Waals surface area contributed by atoms with Crippen LogP contribution in [0, 0.1) is 0 Å². The van der Waals surface area contributed by atoms with Crippen molar-refractivity contribution in [1.29, 1.82) is 0 Å². The van der Waals surface area contributed by atoms with Crippen LogP contribution >= 0.6 is 0 Å². The van der Waals surface area contributed by atoms with Crippen LogP contribution in [0.15, 0.2) is 0 Å². The molecule has 0 heterocycles. The first-order chi connectivity index (χ1) is 4.33. The summed E-state index contributed by atoms with van der Waals surface area (Å²) >= 11 is 0. The Hall–Kier alpha value is -0.180. The van der Waals surface area contributed by atoms with E-state index in [1.54, 1.807) is 20.8 Å². The minimum Gasteiger partial charge on any atom is -0.340 e. The molecule has 62 valence electrons. The molecular weight excluding hydrogens is 138 g/mol. The van der Waals surface area contributed by atoms with Gasteiger partial charge in [0.25, 0.3) is 0 Å². The second-order valence-electron chi connectivity index (χ2n) is 3.26. The lowest BCUT2D eigenvalue weighted by Gasteiger charge is -2.22. The predicted molar refractivity (Wildman–Crippen MR) is 36.3 cm³/mol. The Kier molecular flexibility index (Phi) is 3.22. The molecule has 0 aromatic heterocycles. The molecule has 0 saturated carbocycles. The quantitative estimate of drug-likeness (QED) is 0.590. The zero-order valence-electron chi connectivity index (χ0n) is 6.82. The van der Waals surface area contributed by atoms with E-state index in [4.69, 9.17) is 0 Å². The molecule has 0 N–H and O–H groups in total. The first-order valence-electron chi connectivity index (χ1n) is 3.29. The van der Waals surface area contributed by atoms with E-state index in [-0.39, 0.29) is 0 Å². The van der Waals surface area contributed by atoms with Crippen molar-refractivity contribution in [2.24, 2.45) is 0 Å². The van der Waals surface area contributed by atoms with Crippen molar-refractivity contribution in [3.05, 3.63) is 0 Å². The van der Waals surface area contributed by atoms with E-state index >= 15 is 0 Å². The maximum absolute atomic E-state index is 12.4. The average molecular weight is 152 g/mol. The minimum atomic E-state index is -1.81. The molecule has 0 rings (SSSR count). The fraction of sp³-hybridized carbons (Fsp3) is 1.00. The van der Waals surface area contributed by atoms with Gasteiger partial charge >= 0.3 is 0 Å². The van der Waals surface area contributed by atoms with Crippen molar-refractivity contribution in [3.8, 4) is 0 Å². The lowest BCUT2D eigenvalue weighted by molar-refractivity contribution is -0.150. The summed E-state index contributed by atoms with van der Waals surface area (Å²) in [5.74, 6) is 0. The number of ether oxygens (including phenoxy) is 1. The van der Waals surface area contributed by atoms with E-state index in [1.165, 1.54) is 0 Å². The van der Waals surface area contributed by atoms with Crippen LogP contribution in [0.4, 0.5) is 8.78 Å². The van der Waals surface area contributed by atoms with Crippen LogP contribution in [-0.2, 0) is 4.74 Å². The highest BCUT2D eigenvalue weighted by molar-refractivity contribution is 4.62. The van der Waals surface area contributed by atoms with E-state index in [0.29, 0.717) is 0 Å². The molecule has 3 heteroatoms. The molecular formula is C7H14F2O. The van der Waals surface area contributed by atoms with Gasteiger partial charge in [0.15, 0.2) is 6.17 Å². The van der Waals surface area contributed by atoms with E-state index in [1.807, 2.05) is 0 Å². The minimum absolute atomic E-state index is 0.611. The van der Waals surface area contributed by atoms with Crippen LogP contribution < -0.4 is 0 Å². The second-order valence-corrected chi connectivity index (χ2v) is 3.26. The third kappa shape index (κ3) is 4.68. The summed E-state index contributed by atoms with van der Waals surface area (Å²) in [5, 5.41) is 0. The van der Waals surface area contributed by atoms with Gasteiger partial charge in [-0.2, -0.15) is 0 Å². The third-order valence-electron chi connectivity index (χ3n) is 0.827. The van der Waals surface area contributed by atoms with E-state index in [9.17, 15) is 8.78 Å². The second kappa shape index (κ2) is 3.28. The van der Waals surface area contributed by atoms with Crippen molar-refractivity contribution in [2.45, 2.75) is 45.8 Å². The predicted octanol–water partition coefficient (Wildman–Crippen LogP) is 2.46. The molecule has 0 aromatic carbocycles. The Morgan fingerprint density at radius 2 is 1.60 bits per heavy atom. The Morgan fingerprint density at radius 1 is 1.20 bits per heavy atom. The normalized spacial score (nSPS) is 18.6. The monoisotopic (exact) mass is 152 g/mol. The summed E-state index contributed by atoms with van der Waals surface area (Å²) in [6.45, 7) is 6.18. The molecule has 0 aliphatic carbocycles. The molecule has 0 spiro atoms. The van der Waals surface area contributed by atoms with Crippen molar-refractivity contribution < 1.29 is 13.5 Å². The third-order valence-corrected chi connectivity index (χ3v) is 0.827. The molecule has 0 saturated heterocycles. The van der Waals surface area contributed by atoms with Crippen molar-refractivity contribution in [3.63, 3.8) is 0 Å². The summed E-state index contributed by atoms with van der Waals surface area (Å²) in [6, 6.07) is 0. The molecule has 0 amide bonds. The molecule has 0 radical (unpaired) electrons. The zero-order valence-corrected chi connectivity index (χ0v) is 6.82. The molecule has 2 atom stereocenters. The molecule has 0 fully saturated rings. The summed E-state index contributed by atoms with van der Waals surface area (Å²) in [4.78, 5) is 0. The van der Waals surface area contributed by atoms with Crippen LogP contribution in [0.5, 0.6) is 0 Å². The number of hydrogen-bond acceptors (Lipinski definition) is 1. The average Bonchev–Trinajstić information content (AvgIpc) is 1.60.